The zero-order valence-electron chi connectivity index (χ0n) is 12.0. The Balaban J connectivity index is 2.29. The lowest BCUT2D eigenvalue weighted by molar-refractivity contribution is 0.287. The molecule has 0 saturated carbocycles. The number of H-pyrrole nitrogens is 1. The summed E-state index contributed by atoms with van der Waals surface area (Å²) in [5.41, 5.74) is 7.06. The zero-order chi connectivity index (χ0) is 14.5. The minimum absolute atomic E-state index is 0.394. The van der Waals surface area contributed by atoms with Crippen molar-refractivity contribution >= 4 is 0 Å². The minimum Gasteiger partial charge on any atom is -0.490 e. The number of aromatic amines is 1. The minimum atomic E-state index is -0.394. The van der Waals surface area contributed by atoms with E-state index in [1.165, 1.54) is 0 Å². The van der Waals surface area contributed by atoms with Crippen molar-refractivity contribution in [3.05, 3.63) is 35.4 Å². The molecular weight excluding hydrogens is 256 g/mol. The van der Waals surface area contributed by atoms with Gasteiger partial charge in [-0.3, -0.25) is 5.10 Å². The number of benzene rings is 1. The van der Waals surface area contributed by atoms with E-state index in [1.54, 1.807) is 0 Å². The number of nitrogens with zero attached hydrogens (tertiary/aromatic N) is 2. The van der Waals surface area contributed by atoms with Crippen molar-refractivity contribution in [2.45, 2.75) is 26.8 Å². The fraction of sp³-hybridized carbons (Fsp3) is 0.429. The summed E-state index contributed by atoms with van der Waals surface area (Å²) in [6.07, 6.45) is 0. The number of nitrogens with one attached hydrogen (secondary N) is 1. The highest BCUT2D eigenvalue weighted by Gasteiger charge is 2.16. The molecule has 3 N–H and O–H groups in total. The maximum Gasteiger partial charge on any atom is 0.171 e. The first-order valence-corrected chi connectivity index (χ1v) is 6.69. The van der Waals surface area contributed by atoms with E-state index in [1.807, 2.05) is 39.0 Å². The summed E-state index contributed by atoms with van der Waals surface area (Å²) in [6.45, 7) is 6.86. The zero-order valence-corrected chi connectivity index (χ0v) is 12.0. The van der Waals surface area contributed by atoms with Crippen molar-refractivity contribution in [3.63, 3.8) is 0 Å². The summed E-state index contributed by atoms with van der Waals surface area (Å²) >= 11 is 0. The maximum absolute atomic E-state index is 6.18. The lowest BCUT2D eigenvalue weighted by Gasteiger charge is -2.14. The van der Waals surface area contributed by atoms with Crippen LogP contribution in [0.4, 0.5) is 0 Å². The van der Waals surface area contributed by atoms with Gasteiger partial charge in [0.25, 0.3) is 0 Å². The third kappa shape index (κ3) is 3.08. The smallest absolute Gasteiger partial charge is 0.171 e. The Morgan fingerprint density at radius 3 is 2.50 bits per heavy atom. The molecule has 1 aromatic heterocycles. The number of ether oxygens (including phenoxy) is 2. The Bertz CT molecular complexity index is 568. The van der Waals surface area contributed by atoms with Crippen LogP contribution < -0.4 is 15.2 Å². The van der Waals surface area contributed by atoms with Gasteiger partial charge in [-0.2, -0.15) is 5.10 Å². The molecule has 0 spiro atoms. The summed E-state index contributed by atoms with van der Waals surface area (Å²) in [5, 5.41) is 6.89. The van der Waals surface area contributed by atoms with Gasteiger partial charge in [-0.25, -0.2) is 4.98 Å². The first-order chi connectivity index (χ1) is 9.65. The van der Waals surface area contributed by atoms with E-state index in [0.717, 1.165) is 17.1 Å². The molecule has 0 aliphatic rings. The summed E-state index contributed by atoms with van der Waals surface area (Å²) in [6, 6.07) is 5.26. The Hall–Kier alpha value is -2.08. The van der Waals surface area contributed by atoms with E-state index in [2.05, 4.69) is 15.2 Å². The molecule has 0 aliphatic heterocycles. The molecule has 1 heterocycles. The van der Waals surface area contributed by atoms with Crippen molar-refractivity contribution in [1.29, 1.82) is 0 Å². The maximum atomic E-state index is 6.18. The molecular formula is C14H20N4O2. The molecule has 1 atom stereocenters. The molecule has 1 unspecified atom stereocenters. The Morgan fingerprint density at radius 2 is 1.90 bits per heavy atom. The van der Waals surface area contributed by atoms with Gasteiger partial charge in [0.1, 0.15) is 5.82 Å². The van der Waals surface area contributed by atoms with Crippen molar-refractivity contribution < 1.29 is 9.47 Å². The van der Waals surface area contributed by atoms with Crippen LogP contribution in [0.15, 0.2) is 18.2 Å². The molecule has 0 saturated heterocycles. The van der Waals surface area contributed by atoms with Crippen LogP contribution in [-0.2, 0) is 0 Å². The lowest BCUT2D eigenvalue weighted by atomic mass is 10.1. The molecule has 0 fully saturated rings. The van der Waals surface area contributed by atoms with Crippen molar-refractivity contribution in [2.75, 3.05) is 13.2 Å². The second-order valence-electron chi connectivity index (χ2n) is 4.33. The fourth-order valence-corrected chi connectivity index (χ4v) is 1.91. The van der Waals surface area contributed by atoms with Crippen LogP contribution in [0.1, 0.15) is 37.1 Å². The van der Waals surface area contributed by atoms with E-state index in [4.69, 9.17) is 15.2 Å². The molecule has 6 heteroatoms. The first kappa shape index (κ1) is 14.3. The van der Waals surface area contributed by atoms with Crippen LogP contribution in [0.3, 0.4) is 0 Å². The van der Waals surface area contributed by atoms with Crippen molar-refractivity contribution in [2.24, 2.45) is 5.73 Å². The number of hydrogen-bond donors (Lipinski definition) is 2. The van der Waals surface area contributed by atoms with Crippen LogP contribution >= 0.6 is 0 Å². The molecule has 0 amide bonds. The van der Waals surface area contributed by atoms with Crippen LogP contribution in [0.25, 0.3) is 0 Å². The van der Waals surface area contributed by atoms with E-state index >= 15 is 0 Å². The second kappa shape index (κ2) is 6.38. The quantitative estimate of drug-likeness (QED) is 0.842. The molecule has 1 aromatic carbocycles. The van der Waals surface area contributed by atoms with E-state index in [-0.39, 0.29) is 0 Å². The van der Waals surface area contributed by atoms with Crippen molar-refractivity contribution in [3.8, 4) is 11.5 Å². The molecule has 0 bridgehead atoms. The largest absolute Gasteiger partial charge is 0.490 e. The summed E-state index contributed by atoms with van der Waals surface area (Å²) in [7, 11) is 0. The number of rotatable bonds is 6. The fourth-order valence-electron chi connectivity index (χ4n) is 1.91. The molecule has 108 valence electrons. The monoisotopic (exact) mass is 276 g/mol. The number of nitrogens with two attached hydrogens (primary N) is 1. The molecule has 0 aliphatic carbocycles. The summed E-state index contributed by atoms with van der Waals surface area (Å²) in [4.78, 5) is 4.26. The third-order valence-corrected chi connectivity index (χ3v) is 2.82. The van der Waals surface area contributed by atoms with Gasteiger partial charge >= 0.3 is 0 Å². The van der Waals surface area contributed by atoms with Gasteiger partial charge in [-0.1, -0.05) is 6.07 Å². The highest BCUT2D eigenvalue weighted by molar-refractivity contribution is 5.44. The van der Waals surface area contributed by atoms with Crippen LogP contribution in [0.5, 0.6) is 11.5 Å². The molecule has 2 rings (SSSR count). The van der Waals surface area contributed by atoms with Gasteiger partial charge in [0.2, 0.25) is 0 Å². The summed E-state index contributed by atoms with van der Waals surface area (Å²) < 4.78 is 11.1. The molecule has 6 nitrogen and oxygen atoms in total. The van der Waals surface area contributed by atoms with E-state index < -0.39 is 6.04 Å². The van der Waals surface area contributed by atoms with Crippen LogP contribution in [0.2, 0.25) is 0 Å². The second-order valence-corrected chi connectivity index (χ2v) is 4.33. The number of aryl methyl sites for hydroxylation is 1. The predicted octanol–water partition coefficient (Wildman–Crippen LogP) is 1.96. The van der Waals surface area contributed by atoms with Gasteiger partial charge in [-0.05, 0) is 38.5 Å². The number of aromatic nitrogens is 3. The number of hydrogen-bond acceptors (Lipinski definition) is 5. The summed E-state index contributed by atoms with van der Waals surface area (Å²) in [5.74, 6) is 2.71. The van der Waals surface area contributed by atoms with Gasteiger partial charge < -0.3 is 15.2 Å². The van der Waals surface area contributed by atoms with Crippen LogP contribution in [-0.4, -0.2) is 28.4 Å². The standard InChI is InChI=1S/C14H20N4O2/c1-4-19-11-7-6-10(8-12(11)20-5-2)13(15)14-16-9(3)17-18-14/h6-8,13H,4-5,15H2,1-3H3,(H,16,17,18). The molecule has 20 heavy (non-hydrogen) atoms. The topological polar surface area (TPSA) is 86.0 Å². The Labute approximate surface area is 118 Å². The SMILES string of the molecule is CCOc1ccc(C(N)c2n[nH]c(C)n2)cc1OCC. The average molecular weight is 276 g/mol. The third-order valence-electron chi connectivity index (χ3n) is 2.82. The molecule has 2 aromatic rings. The first-order valence-electron chi connectivity index (χ1n) is 6.69. The Morgan fingerprint density at radius 1 is 1.20 bits per heavy atom. The van der Waals surface area contributed by atoms with Gasteiger partial charge in [0.15, 0.2) is 17.3 Å². The Kier molecular flexibility index (Phi) is 4.57. The van der Waals surface area contributed by atoms with Gasteiger partial charge in [0, 0.05) is 0 Å². The predicted molar refractivity (Wildman–Crippen MR) is 75.9 cm³/mol. The van der Waals surface area contributed by atoms with Gasteiger partial charge in [-0.15, -0.1) is 0 Å². The van der Waals surface area contributed by atoms with Gasteiger partial charge in [0.05, 0.1) is 19.3 Å². The normalized spacial score (nSPS) is 12.2. The average Bonchev–Trinajstić information content (AvgIpc) is 2.87. The van der Waals surface area contributed by atoms with Crippen LogP contribution in [0, 0.1) is 6.92 Å². The van der Waals surface area contributed by atoms with E-state index in [9.17, 15) is 0 Å². The molecule has 0 radical (unpaired) electrons. The highest BCUT2D eigenvalue weighted by Crippen LogP contribution is 2.31. The van der Waals surface area contributed by atoms with Crippen molar-refractivity contribution in [1.82, 2.24) is 15.2 Å². The highest BCUT2D eigenvalue weighted by atomic mass is 16.5. The lowest BCUT2D eigenvalue weighted by Crippen LogP contribution is -2.14. The van der Waals surface area contributed by atoms with E-state index in [0.29, 0.717) is 24.8 Å².